The lowest BCUT2D eigenvalue weighted by Crippen LogP contribution is -2.09. The Balaban J connectivity index is 0.000000235. The number of carbonyl (C=O) groups is 2. The summed E-state index contributed by atoms with van der Waals surface area (Å²) < 4.78 is 21.1. The standard InChI is InChI=1S/C12H13N3O3.C9H12N2O3/c1-8-13-7-15(14-8)10-5-4-9(12(16)18-3)6-11(10)17-2;1-13-8-5-6(9(12)14-2)3-4-7(8)11-10/h4-7H,1-3H3;3-5,11H,10H2,1-2H3. The number of nitrogens with one attached hydrogen (secondary N) is 1. The van der Waals surface area contributed by atoms with Gasteiger partial charge in [0.2, 0.25) is 0 Å². The number of anilines is 1. The number of methoxy groups -OCH3 is 4. The van der Waals surface area contributed by atoms with Crippen LogP contribution in [0.4, 0.5) is 5.69 Å². The summed E-state index contributed by atoms with van der Waals surface area (Å²) in [7, 11) is 5.69. The van der Waals surface area contributed by atoms with E-state index in [4.69, 9.17) is 15.3 Å². The molecule has 0 saturated heterocycles. The maximum absolute atomic E-state index is 11.4. The van der Waals surface area contributed by atoms with E-state index in [0.29, 0.717) is 39.8 Å². The van der Waals surface area contributed by atoms with E-state index in [9.17, 15) is 9.59 Å². The molecule has 1 heterocycles. The SMILES string of the molecule is COC(=O)c1ccc(-n2cnc(C)n2)c(OC)c1.COC(=O)c1ccc(NN)c(OC)c1. The first kappa shape index (κ1) is 24.2. The number of esters is 2. The van der Waals surface area contributed by atoms with E-state index in [0.717, 1.165) is 0 Å². The fraction of sp³-hybridized carbons (Fsp3) is 0.238. The Morgan fingerprint density at radius 1 is 0.906 bits per heavy atom. The number of aryl methyl sites for hydroxylation is 1. The van der Waals surface area contributed by atoms with E-state index >= 15 is 0 Å². The largest absolute Gasteiger partial charge is 0.495 e. The first-order chi connectivity index (χ1) is 15.4. The van der Waals surface area contributed by atoms with Crippen LogP contribution >= 0.6 is 0 Å². The molecule has 0 spiro atoms. The van der Waals surface area contributed by atoms with Crippen LogP contribution < -0.4 is 20.7 Å². The van der Waals surface area contributed by atoms with Gasteiger partial charge in [-0.25, -0.2) is 19.3 Å². The Hall–Kier alpha value is -4.12. The molecule has 11 heteroatoms. The molecule has 0 atom stereocenters. The number of aromatic nitrogens is 3. The predicted molar refractivity (Wildman–Crippen MR) is 116 cm³/mol. The minimum absolute atomic E-state index is 0.408. The van der Waals surface area contributed by atoms with Crippen LogP contribution in [-0.4, -0.2) is 55.1 Å². The van der Waals surface area contributed by atoms with Crippen molar-refractivity contribution in [1.29, 1.82) is 0 Å². The summed E-state index contributed by atoms with van der Waals surface area (Å²) in [6.45, 7) is 1.80. The van der Waals surface area contributed by atoms with Gasteiger partial charge in [-0.05, 0) is 43.3 Å². The van der Waals surface area contributed by atoms with Crippen molar-refractivity contribution in [1.82, 2.24) is 14.8 Å². The third kappa shape index (κ3) is 5.73. The molecule has 0 fully saturated rings. The second-order valence-electron chi connectivity index (χ2n) is 6.17. The van der Waals surface area contributed by atoms with Crippen LogP contribution in [0.2, 0.25) is 0 Å². The number of benzene rings is 2. The Kier molecular flexibility index (Phi) is 8.54. The first-order valence-corrected chi connectivity index (χ1v) is 9.26. The molecule has 32 heavy (non-hydrogen) atoms. The normalized spacial score (nSPS) is 9.81. The highest BCUT2D eigenvalue weighted by atomic mass is 16.5. The van der Waals surface area contributed by atoms with E-state index in [-0.39, 0.29) is 0 Å². The van der Waals surface area contributed by atoms with Crippen LogP contribution in [0.3, 0.4) is 0 Å². The summed E-state index contributed by atoms with van der Waals surface area (Å²) in [6, 6.07) is 9.80. The summed E-state index contributed by atoms with van der Waals surface area (Å²) in [4.78, 5) is 26.6. The van der Waals surface area contributed by atoms with Crippen LogP contribution in [0.1, 0.15) is 26.5 Å². The Bertz CT molecular complexity index is 1080. The zero-order chi connectivity index (χ0) is 23.7. The molecule has 0 unspecified atom stereocenters. The fourth-order valence-corrected chi connectivity index (χ4v) is 2.63. The number of hydrazine groups is 1. The lowest BCUT2D eigenvalue weighted by atomic mass is 10.2. The van der Waals surface area contributed by atoms with Crippen molar-refractivity contribution in [3.05, 3.63) is 59.7 Å². The molecular formula is C21H25N5O6. The van der Waals surface area contributed by atoms with Gasteiger partial charge in [0, 0.05) is 0 Å². The summed E-state index contributed by atoms with van der Waals surface area (Å²) in [5.74, 6) is 6.11. The van der Waals surface area contributed by atoms with Gasteiger partial charge in [0.05, 0.1) is 45.3 Å². The summed E-state index contributed by atoms with van der Waals surface area (Å²) in [5.41, 5.74) is 4.62. The average molecular weight is 443 g/mol. The molecule has 0 aliphatic rings. The van der Waals surface area contributed by atoms with Crippen molar-refractivity contribution in [2.24, 2.45) is 5.84 Å². The third-order valence-corrected chi connectivity index (χ3v) is 4.23. The molecule has 3 N–H and O–H groups in total. The van der Waals surface area contributed by atoms with E-state index in [1.54, 1.807) is 54.3 Å². The van der Waals surface area contributed by atoms with Crippen LogP contribution in [-0.2, 0) is 9.47 Å². The van der Waals surface area contributed by atoms with Gasteiger partial charge in [0.1, 0.15) is 29.3 Å². The van der Waals surface area contributed by atoms with Crippen molar-refractivity contribution < 1.29 is 28.5 Å². The molecule has 1 aromatic heterocycles. The Morgan fingerprint density at radius 2 is 1.47 bits per heavy atom. The Morgan fingerprint density at radius 3 is 1.94 bits per heavy atom. The smallest absolute Gasteiger partial charge is 0.337 e. The number of ether oxygens (including phenoxy) is 4. The monoisotopic (exact) mass is 443 g/mol. The minimum atomic E-state index is -0.410. The molecule has 170 valence electrons. The number of nitrogens with zero attached hydrogens (tertiary/aromatic N) is 3. The second kappa shape index (κ2) is 11.3. The predicted octanol–water partition coefficient (Wildman–Crippen LogP) is 2.14. The highest BCUT2D eigenvalue weighted by molar-refractivity contribution is 5.91. The zero-order valence-electron chi connectivity index (χ0n) is 18.4. The lowest BCUT2D eigenvalue weighted by Gasteiger charge is -2.09. The highest BCUT2D eigenvalue weighted by Gasteiger charge is 2.12. The molecule has 0 saturated carbocycles. The molecule has 3 aromatic rings. The number of carbonyl (C=O) groups excluding carboxylic acids is 2. The molecule has 0 aliphatic carbocycles. The second-order valence-corrected chi connectivity index (χ2v) is 6.17. The van der Waals surface area contributed by atoms with Crippen LogP contribution in [0.5, 0.6) is 11.5 Å². The van der Waals surface area contributed by atoms with Crippen LogP contribution in [0, 0.1) is 6.92 Å². The maximum atomic E-state index is 11.4. The molecule has 2 aromatic carbocycles. The maximum Gasteiger partial charge on any atom is 0.337 e. The van der Waals surface area contributed by atoms with Gasteiger partial charge in [0.15, 0.2) is 0 Å². The van der Waals surface area contributed by atoms with E-state index in [1.807, 2.05) is 0 Å². The molecule has 0 radical (unpaired) electrons. The summed E-state index contributed by atoms with van der Waals surface area (Å²) in [6.07, 6.45) is 1.59. The minimum Gasteiger partial charge on any atom is -0.495 e. The van der Waals surface area contributed by atoms with Crippen molar-refractivity contribution >= 4 is 17.6 Å². The van der Waals surface area contributed by atoms with Crippen LogP contribution in [0.25, 0.3) is 5.69 Å². The molecule has 3 rings (SSSR count). The summed E-state index contributed by atoms with van der Waals surface area (Å²) >= 11 is 0. The molecule has 0 aliphatic heterocycles. The van der Waals surface area contributed by atoms with E-state index < -0.39 is 11.9 Å². The van der Waals surface area contributed by atoms with Crippen LogP contribution in [0.15, 0.2) is 42.7 Å². The summed E-state index contributed by atoms with van der Waals surface area (Å²) in [5, 5.41) is 4.19. The number of nitrogen functional groups attached to an aromatic ring is 1. The molecule has 0 bridgehead atoms. The van der Waals surface area contributed by atoms with Gasteiger partial charge in [-0.15, -0.1) is 0 Å². The van der Waals surface area contributed by atoms with Crippen molar-refractivity contribution in [3.8, 4) is 17.2 Å². The topological polar surface area (TPSA) is 140 Å². The number of hydrogen-bond acceptors (Lipinski definition) is 10. The van der Waals surface area contributed by atoms with Gasteiger partial charge >= 0.3 is 11.9 Å². The quantitative estimate of drug-likeness (QED) is 0.331. The fourth-order valence-electron chi connectivity index (χ4n) is 2.63. The lowest BCUT2D eigenvalue weighted by molar-refractivity contribution is 0.0591. The first-order valence-electron chi connectivity index (χ1n) is 9.26. The number of rotatable bonds is 6. The molecule has 0 amide bonds. The Labute approximate surface area is 185 Å². The van der Waals surface area contributed by atoms with Gasteiger partial charge in [0.25, 0.3) is 0 Å². The zero-order valence-corrected chi connectivity index (χ0v) is 18.4. The van der Waals surface area contributed by atoms with Gasteiger partial charge in [-0.3, -0.25) is 5.84 Å². The van der Waals surface area contributed by atoms with Crippen molar-refractivity contribution in [2.45, 2.75) is 6.92 Å². The molecule has 11 nitrogen and oxygen atoms in total. The van der Waals surface area contributed by atoms with E-state index in [1.165, 1.54) is 28.4 Å². The average Bonchev–Trinajstić information content (AvgIpc) is 3.28. The van der Waals surface area contributed by atoms with Crippen molar-refractivity contribution in [2.75, 3.05) is 33.9 Å². The number of nitrogens with two attached hydrogens (primary N) is 1. The molecular weight excluding hydrogens is 418 g/mol. The number of hydrogen-bond donors (Lipinski definition) is 2. The highest BCUT2D eigenvalue weighted by Crippen LogP contribution is 2.25. The van der Waals surface area contributed by atoms with E-state index in [2.05, 4.69) is 25.0 Å². The van der Waals surface area contributed by atoms with Gasteiger partial charge < -0.3 is 24.4 Å². The van der Waals surface area contributed by atoms with Crippen molar-refractivity contribution in [3.63, 3.8) is 0 Å². The third-order valence-electron chi connectivity index (χ3n) is 4.23. The van der Waals surface area contributed by atoms with Gasteiger partial charge in [-0.2, -0.15) is 5.10 Å². The van der Waals surface area contributed by atoms with Gasteiger partial charge in [-0.1, -0.05) is 0 Å².